The Kier molecular flexibility index (Phi) is 6.30. The average Bonchev–Trinajstić information content (AvgIpc) is 2.52. The van der Waals surface area contributed by atoms with Crippen LogP contribution in [0.1, 0.15) is 6.42 Å². The van der Waals surface area contributed by atoms with E-state index in [1.165, 1.54) is 0 Å². The quantitative estimate of drug-likeness (QED) is 0.565. The highest BCUT2D eigenvalue weighted by Crippen LogP contribution is 2.12. The Bertz CT molecular complexity index is 430. The summed E-state index contributed by atoms with van der Waals surface area (Å²) in [6.07, 6.45) is 0.938. The number of carbonyl (C=O) groups excluding carboxylic acids is 1. The van der Waals surface area contributed by atoms with Crippen molar-refractivity contribution >= 4 is 11.6 Å². The molecule has 0 radical (unpaired) electrons. The molecule has 6 nitrogen and oxygen atoms in total. The number of nitrogens with two attached hydrogens (primary N) is 1. The number of benzene rings is 1. The van der Waals surface area contributed by atoms with E-state index in [1.807, 2.05) is 0 Å². The van der Waals surface area contributed by atoms with E-state index in [9.17, 15) is 4.79 Å². The standard InChI is InChI=1S/C15H23N3O3/c16-13-2-4-14(5-3-13)21-12-15(19)17-6-1-7-18-8-10-20-11-9-18/h2-5H,1,6-12,16H2,(H,17,19). The summed E-state index contributed by atoms with van der Waals surface area (Å²) in [7, 11) is 0. The fourth-order valence-corrected chi connectivity index (χ4v) is 2.12. The van der Waals surface area contributed by atoms with E-state index in [4.69, 9.17) is 15.2 Å². The summed E-state index contributed by atoms with van der Waals surface area (Å²) in [5, 5.41) is 2.86. The highest BCUT2D eigenvalue weighted by molar-refractivity contribution is 5.77. The predicted molar refractivity (Wildman–Crippen MR) is 81.2 cm³/mol. The summed E-state index contributed by atoms with van der Waals surface area (Å²) >= 11 is 0. The third kappa shape index (κ3) is 6.01. The maximum absolute atomic E-state index is 11.6. The SMILES string of the molecule is Nc1ccc(OCC(=O)NCCCN2CCOCC2)cc1. The number of morpholine rings is 1. The number of ether oxygens (including phenoxy) is 2. The predicted octanol–water partition coefficient (Wildman–Crippen LogP) is 0.486. The minimum atomic E-state index is -0.103. The van der Waals surface area contributed by atoms with E-state index in [-0.39, 0.29) is 12.5 Å². The normalized spacial score (nSPS) is 15.6. The molecule has 0 aromatic heterocycles. The minimum absolute atomic E-state index is 0.0292. The number of hydrogen-bond acceptors (Lipinski definition) is 5. The molecule has 21 heavy (non-hydrogen) atoms. The Balaban J connectivity index is 1.54. The third-order valence-electron chi connectivity index (χ3n) is 3.33. The van der Waals surface area contributed by atoms with Crippen molar-refractivity contribution in [2.45, 2.75) is 6.42 Å². The molecule has 1 aromatic carbocycles. The number of hydrogen-bond donors (Lipinski definition) is 2. The summed E-state index contributed by atoms with van der Waals surface area (Å²) in [4.78, 5) is 14.0. The molecule has 1 aromatic rings. The van der Waals surface area contributed by atoms with Crippen LogP contribution in [0.25, 0.3) is 0 Å². The van der Waals surface area contributed by atoms with Crippen LogP contribution in [-0.4, -0.2) is 56.8 Å². The molecule has 1 amide bonds. The molecule has 1 heterocycles. The molecular formula is C15H23N3O3. The maximum atomic E-state index is 11.6. The number of amides is 1. The van der Waals surface area contributed by atoms with E-state index in [1.54, 1.807) is 24.3 Å². The van der Waals surface area contributed by atoms with Gasteiger partial charge in [-0.15, -0.1) is 0 Å². The topological polar surface area (TPSA) is 76.8 Å². The fraction of sp³-hybridized carbons (Fsp3) is 0.533. The van der Waals surface area contributed by atoms with Gasteiger partial charge in [0, 0.05) is 25.3 Å². The molecule has 6 heteroatoms. The molecule has 3 N–H and O–H groups in total. The molecular weight excluding hydrogens is 270 g/mol. The van der Waals surface area contributed by atoms with Gasteiger partial charge in [0.2, 0.25) is 0 Å². The van der Waals surface area contributed by atoms with Gasteiger partial charge < -0.3 is 20.5 Å². The van der Waals surface area contributed by atoms with Gasteiger partial charge in [0.15, 0.2) is 6.61 Å². The van der Waals surface area contributed by atoms with Crippen molar-refractivity contribution < 1.29 is 14.3 Å². The van der Waals surface area contributed by atoms with Crippen molar-refractivity contribution in [3.63, 3.8) is 0 Å². The second kappa shape index (κ2) is 8.49. The number of nitrogens with one attached hydrogen (secondary N) is 1. The van der Waals surface area contributed by atoms with Crippen molar-refractivity contribution in [3.8, 4) is 5.75 Å². The zero-order chi connectivity index (χ0) is 14.9. The molecule has 0 aliphatic carbocycles. The number of anilines is 1. The summed E-state index contributed by atoms with van der Waals surface area (Å²) in [6, 6.07) is 6.99. The van der Waals surface area contributed by atoms with E-state index >= 15 is 0 Å². The fourth-order valence-electron chi connectivity index (χ4n) is 2.12. The van der Waals surface area contributed by atoms with Gasteiger partial charge in [-0.05, 0) is 37.2 Å². The zero-order valence-corrected chi connectivity index (χ0v) is 12.2. The number of nitrogens with zero attached hydrogens (tertiary/aromatic N) is 1. The van der Waals surface area contributed by atoms with E-state index < -0.39 is 0 Å². The number of nitrogen functional groups attached to an aromatic ring is 1. The van der Waals surface area contributed by atoms with Crippen LogP contribution < -0.4 is 15.8 Å². The van der Waals surface area contributed by atoms with Crippen LogP contribution in [0.15, 0.2) is 24.3 Å². The second-order valence-electron chi connectivity index (χ2n) is 5.02. The van der Waals surface area contributed by atoms with E-state index in [0.29, 0.717) is 18.0 Å². The van der Waals surface area contributed by atoms with Crippen molar-refractivity contribution in [2.75, 3.05) is 51.7 Å². The highest BCUT2D eigenvalue weighted by atomic mass is 16.5. The molecule has 116 valence electrons. The summed E-state index contributed by atoms with van der Waals surface area (Å²) in [6.45, 7) is 5.26. The van der Waals surface area contributed by atoms with Gasteiger partial charge in [-0.3, -0.25) is 9.69 Å². The van der Waals surface area contributed by atoms with Gasteiger partial charge in [0.1, 0.15) is 5.75 Å². The Morgan fingerprint density at radius 3 is 2.71 bits per heavy atom. The Hall–Kier alpha value is -1.79. The highest BCUT2D eigenvalue weighted by Gasteiger charge is 2.09. The Labute approximate surface area is 125 Å². The van der Waals surface area contributed by atoms with Crippen LogP contribution >= 0.6 is 0 Å². The van der Waals surface area contributed by atoms with Crippen molar-refractivity contribution in [1.29, 1.82) is 0 Å². The number of rotatable bonds is 7. The van der Waals surface area contributed by atoms with Gasteiger partial charge in [-0.25, -0.2) is 0 Å². The maximum Gasteiger partial charge on any atom is 0.257 e. The Morgan fingerprint density at radius 1 is 1.29 bits per heavy atom. The van der Waals surface area contributed by atoms with Crippen LogP contribution in [0.2, 0.25) is 0 Å². The molecule has 1 aliphatic rings. The Morgan fingerprint density at radius 2 is 2.00 bits per heavy atom. The van der Waals surface area contributed by atoms with Crippen LogP contribution in [0.4, 0.5) is 5.69 Å². The van der Waals surface area contributed by atoms with Crippen LogP contribution in [0.3, 0.4) is 0 Å². The average molecular weight is 293 g/mol. The lowest BCUT2D eigenvalue weighted by Crippen LogP contribution is -2.38. The van der Waals surface area contributed by atoms with Crippen molar-refractivity contribution in [2.24, 2.45) is 0 Å². The lowest BCUT2D eigenvalue weighted by Gasteiger charge is -2.26. The van der Waals surface area contributed by atoms with Crippen LogP contribution in [0.5, 0.6) is 5.75 Å². The van der Waals surface area contributed by atoms with Gasteiger partial charge in [0.05, 0.1) is 13.2 Å². The molecule has 1 saturated heterocycles. The monoisotopic (exact) mass is 293 g/mol. The first-order chi connectivity index (χ1) is 10.2. The molecule has 2 rings (SSSR count). The summed E-state index contributed by atoms with van der Waals surface area (Å²) in [5.74, 6) is 0.543. The lowest BCUT2D eigenvalue weighted by atomic mass is 10.3. The van der Waals surface area contributed by atoms with Gasteiger partial charge in [0.25, 0.3) is 5.91 Å². The van der Waals surface area contributed by atoms with E-state index in [0.717, 1.165) is 39.3 Å². The van der Waals surface area contributed by atoms with Gasteiger partial charge in [-0.1, -0.05) is 0 Å². The molecule has 0 saturated carbocycles. The molecule has 0 spiro atoms. The number of carbonyl (C=O) groups is 1. The summed E-state index contributed by atoms with van der Waals surface area (Å²) < 4.78 is 10.7. The first-order valence-electron chi connectivity index (χ1n) is 7.29. The largest absolute Gasteiger partial charge is 0.484 e. The summed E-state index contributed by atoms with van der Waals surface area (Å²) in [5.41, 5.74) is 6.25. The van der Waals surface area contributed by atoms with Gasteiger partial charge >= 0.3 is 0 Å². The molecule has 0 atom stereocenters. The van der Waals surface area contributed by atoms with Gasteiger partial charge in [-0.2, -0.15) is 0 Å². The molecule has 1 aliphatic heterocycles. The first-order valence-corrected chi connectivity index (χ1v) is 7.29. The van der Waals surface area contributed by atoms with Crippen molar-refractivity contribution in [1.82, 2.24) is 10.2 Å². The molecule has 1 fully saturated rings. The first kappa shape index (κ1) is 15.6. The minimum Gasteiger partial charge on any atom is -0.484 e. The molecule has 0 unspecified atom stereocenters. The second-order valence-corrected chi connectivity index (χ2v) is 5.02. The molecule has 0 bridgehead atoms. The van der Waals surface area contributed by atoms with Crippen LogP contribution in [-0.2, 0) is 9.53 Å². The van der Waals surface area contributed by atoms with Crippen LogP contribution in [0, 0.1) is 0 Å². The van der Waals surface area contributed by atoms with E-state index in [2.05, 4.69) is 10.2 Å². The third-order valence-corrected chi connectivity index (χ3v) is 3.33. The lowest BCUT2D eigenvalue weighted by molar-refractivity contribution is -0.123. The smallest absolute Gasteiger partial charge is 0.257 e. The van der Waals surface area contributed by atoms with Crippen molar-refractivity contribution in [3.05, 3.63) is 24.3 Å². The zero-order valence-electron chi connectivity index (χ0n) is 12.2.